The van der Waals surface area contributed by atoms with Crippen LogP contribution in [0, 0.1) is 0 Å². The summed E-state index contributed by atoms with van der Waals surface area (Å²) in [5.41, 5.74) is 3.39. The molecule has 0 radical (unpaired) electrons. The molecule has 3 heterocycles. The zero-order valence-electron chi connectivity index (χ0n) is 17.0. The number of hydrogen-bond donors (Lipinski definition) is 2. The number of Topliss-reactive ketones (excluding diaryl/α,β-unsaturated/α-hetero) is 1. The first kappa shape index (κ1) is 18.6. The van der Waals surface area contributed by atoms with Gasteiger partial charge in [0.15, 0.2) is 5.78 Å². The van der Waals surface area contributed by atoms with Gasteiger partial charge in [0.2, 0.25) is 0 Å². The zero-order valence-corrected chi connectivity index (χ0v) is 17.0. The molecule has 0 atom stereocenters. The largest absolute Gasteiger partial charge is 0.457 e. The summed E-state index contributed by atoms with van der Waals surface area (Å²) in [6.45, 7) is 5.35. The third-order valence-electron chi connectivity index (χ3n) is 5.83. The number of imidazole rings is 1. The number of aromatic amines is 2. The van der Waals surface area contributed by atoms with Crippen molar-refractivity contribution in [1.29, 1.82) is 0 Å². The van der Waals surface area contributed by atoms with Gasteiger partial charge in [-0.25, -0.2) is 4.98 Å². The lowest BCUT2D eigenvalue weighted by molar-refractivity contribution is -0.123. The number of carbonyl (C=O) groups is 1. The van der Waals surface area contributed by atoms with E-state index in [0.717, 1.165) is 46.2 Å². The summed E-state index contributed by atoms with van der Waals surface area (Å²) in [5.74, 6) is 2.64. The fourth-order valence-electron chi connectivity index (χ4n) is 3.89. The molecule has 0 unspecified atom stereocenters. The maximum absolute atomic E-state index is 12.1. The highest BCUT2D eigenvalue weighted by molar-refractivity contribution is 5.89. The molecule has 1 saturated heterocycles. The summed E-state index contributed by atoms with van der Waals surface area (Å²) >= 11 is 0. The van der Waals surface area contributed by atoms with E-state index in [1.165, 1.54) is 0 Å². The molecule has 2 aromatic heterocycles. The molecule has 1 fully saturated rings. The van der Waals surface area contributed by atoms with Gasteiger partial charge in [0.1, 0.15) is 17.3 Å². The van der Waals surface area contributed by atoms with Crippen molar-refractivity contribution >= 4 is 16.8 Å². The average Bonchev–Trinajstić information content (AvgIpc) is 3.45. The van der Waals surface area contributed by atoms with E-state index in [0.29, 0.717) is 13.0 Å². The number of carbonyl (C=O) groups excluding carboxylic acids is 1. The second-order valence-electron chi connectivity index (χ2n) is 8.11. The number of ether oxygens (including phenoxy) is 1. The second-order valence-corrected chi connectivity index (χ2v) is 8.11. The number of hydrogen-bond acceptors (Lipinski definition) is 5. The highest BCUT2D eigenvalue weighted by Gasteiger charge is 2.40. The fourth-order valence-corrected chi connectivity index (χ4v) is 3.89. The summed E-state index contributed by atoms with van der Waals surface area (Å²) in [4.78, 5) is 22.3. The van der Waals surface area contributed by atoms with Gasteiger partial charge in [-0.15, -0.1) is 0 Å². The summed E-state index contributed by atoms with van der Waals surface area (Å²) in [7, 11) is 0. The van der Waals surface area contributed by atoms with E-state index >= 15 is 0 Å². The Kier molecular flexibility index (Phi) is 4.40. The Balaban J connectivity index is 1.32. The summed E-state index contributed by atoms with van der Waals surface area (Å²) in [6.07, 6.45) is 2.33. The first-order chi connectivity index (χ1) is 14.5. The van der Waals surface area contributed by atoms with E-state index in [2.05, 4.69) is 25.1 Å². The van der Waals surface area contributed by atoms with E-state index in [-0.39, 0.29) is 5.78 Å². The van der Waals surface area contributed by atoms with Crippen LogP contribution in [0.2, 0.25) is 0 Å². The number of aromatic nitrogens is 4. The molecule has 0 bridgehead atoms. The van der Waals surface area contributed by atoms with E-state index < -0.39 is 5.54 Å². The number of H-pyrrole nitrogens is 2. The quantitative estimate of drug-likeness (QED) is 0.521. The van der Waals surface area contributed by atoms with E-state index in [9.17, 15) is 4.79 Å². The van der Waals surface area contributed by atoms with Crippen LogP contribution in [-0.2, 0) is 11.3 Å². The first-order valence-electron chi connectivity index (χ1n) is 10.0. The van der Waals surface area contributed by atoms with Gasteiger partial charge in [0, 0.05) is 25.2 Å². The molecule has 2 N–H and O–H groups in total. The molecule has 30 heavy (non-hydrogen) atoms. The number of ketones is 1. The monoisotopic (exact) mass is 401 g/mol. The van der Waals surface area contributed by atoms with Crippen LogP contribution in [0.1, 0.15) is 26.1 Å². The molecule has 4 aromatic rings. The van der Waals surface area contributed by atoms with Gasteiger partial charge >= 0.3 is 0 Å². The number of benzene rings is 2. The first-order valence-corrected chi connectivity index (χ1v) is 10.0. The smallest absolute Gasteiger partial charge is 0.153 e. The van der Waals surface area contributed by atoms with E-state index in [4.69, 9.17) is 4.74 Å². The lowest BCUT2D eigenvalue weighted by atomic mass is 10.0. The van der Waals surface area contributed by atoms with Crippen LogP contribution < -0.4 is 4.74 Å². The molecule has 1 aliphatic rings. The van der Waals surface area contributed by atoms with Crippen molar-refractivity contribution in [1.82, 2.24) is 25.1 Å². The van der Waals surface area contributed by atoms with Crippen LogP contribution in [-0.4, -0.2) is 42.9 Å². The minimum absolute atomic E-state index is 0.285. The van der Waals surface area contributed by atoms with Crippen molar-refractivity contribution in [2.45, 2.75) is 32.4 Å². The Hall–Kier alpha value is -3.45. The minimum Gasteiger partial charge on any atom is -0.457 e. The Labute approximate surface area is 174 Å². The molecule has 2 aromatic carbocycles. The van der Waals surface area contributed by atoms with Gasteiger partial charge in [-0.1, -0.05) is 0 Å². The van der Waals surface area contributed by atoms with Crippen molar-refractivity contribution in [3.63, 3.8) is 0 Å². The van der Waals surface area contributed by atoms with E-state index in [1.807, 2.05) is 62.4 Å². The number of fused-ring (bicyclic) bond motifs is 1. The normalized spacial score (nSPS) is 16.4. The predicted molar refractivity (Wildman–Crippen MR) is 114 cm³/mol. The SMILES string of the molecule is CC1(C)C(=O)CCN1Cc1nc2ccc(Oc3ccc(-c4ccn[nH]4)cc3)cc2[nH]1. The minimum atomic E-state index is -0.435. The van der Waals surface area contributed by atoms with Crippen LogP contribution >= 0.6 is 0 Å². The number of nitrogens with zero attached hydrogens (tertiary/aromatic N) is 3. The number of nitrogens with one attached hydrogen (secondary N) is 2. The molecular formula is C23H23N5O2. The topological polar surface area (TPSA) is 86.9 Å². The Morgan fingerprint density at radius 3 is 2.60 bits per heavy atom. The summed E-state index contributed by atoms with van der Waals surface area (Å²) in [5, 5.41) is 6.93. The van der Waals surface area contributed by atoms with Gasteiger partial charge in [-0.2, -0.15) is 5.10 Å². The number of likely N-dealkylation sites (tertiary alicyclic amines) is 1. The Morgan fingerprint density at radius 1 is 1.10 bits per heavy atom. The molecule has 5 rings (SSSR count). The number of rotatable bonds is 5. The third-order valence-corrected chi connectivity index (χ3v) is 5.83. The third kappa shape index (κ3) is 3.37. The van der Waals surface area contributed by atoms with Crippen molar-refractivity contribution < 1.29 is 9.53 Å². The van der Waals surface area contributed by atoms with Crippen LogP contribution in [0.3, 0.4) is 0 Å². The molecule has 7 nitrogen and oxygen atoms in total. The molecule has 0 aliphatic carbocycles. The van der Waals surface area contributed by atoms with Gasteiger partial charge in [0.05, 0.1) is 28.8 Å². The van der Waals surface area contributed by atoms with Crippen LogP contribution in [0.5, 0.6) is 11.5 Å². The molecule has 0 saturated carbocycles. The van der Waals surface area contributed by atoms with Crippen molar-refractivity contribution in [2.75, 3.05) is 6.54 Å². The van der Waals surface area contributed by atoms with Gasteiger partial charge in [-0.05, 0) is 61.9 Å². The Bertz CT molecular complexity index is 1190. The van der Waals surface area contributed by atoms with Crippen LogP contribution in [0.25, 0.3) is 22.3 Å². The maximum Gasteiger partial charge on any atom is 0.153 e. The van der Waals surface area contributed by atoms with Crippen LogP contribution in [0.15, 0.2) is 54.7 Å². The van der Waals surface area contributed by atoms with Crippen molar-refractivity contribution in [3.8, 4) is 22.8 Å². The lowest BCUT2D eigenvalue weighted by Gasteiger charge is -2.28. The van der Waals surface area contributed by atoms with Crippen molar-refractivity contribution in [3.05, 3.63) is 60.6 Å². The zero-order chi connectivity index (χ0) is 20.7. The molecule has 0 amide bonds. The summed E-state index contributed by atoms with van der Waals surface area (Å²) < 4.78 is 6.02. The molecular weight excluding hydrogens is 378 g/mol. The highest BCUT2D eigenvalue weighted by Crippen LogP contribution is 2.29. The van der Waals surface area contributed by atoms with Gasteiger partial charge < -0.3 is 9.72 Å². The molecule has 1 aliphatic heterocycles. The van der Waals surface area contributed by atoms with Gasteiger partial charge in [-0.3, -0.25) is 14.8 Å². The van der Waals surface area contributed by atoms with Crippen LogP contribution in [0.4, 0.5) is 0 Å². The molecule has 7 heteroatoms. The lowest BCUT2D eigenvalue weighted by Crippen LogP contribution is -2.42. The molecule has 152 valence electrons. The second kappa shape index (κ2) is 7.11. The standard InChI is InChI=1S/C23H23N5O2/c1-23(2)21(29)10-12-28(23)14-22-25-19-8-7-17(13-20(19)26-22)30-16-5-3-15(4-6-16)18-9-11-24-27-18/h3-9,11,13H,10,12,14H2,1-2H3,(H,24,27)(H,25,26). The molecule has 0 spiro atoms. The summed E-state index contributed by atoms with van der Waals surface area (Å²) in [6, 6.07) is 15.6. The maximum atomic E-state index is 12.1. The highest BCUT2D eigenvalue weighted by atomic mass is 16.5. The average molecular weight is 401 g/mol. The van der Waals surface area contributed by atoms with Gasteiger partial charge in [0.25, 0.3) is 0 Å². The Morgan fingerprint density at radius 2 is 1.90 bits per heavy atom. The van der Waals surface area contributed by atoms with E-state index in [1.54, 1.807) is 6.20 Å². The van der Waals surface area contributed by atoms with Crippen molar-refractivity contribution in [2.24, 2.45) is 0 Å². The fraction of sp³-hybridized carbons (Fsp3) is 0.261. The predicted octanol–water partition coefficient (Wildman–Crippen LogP) is 4.30.